The third-order valence-corrected chi connectivity index (χ3v) is 3.54. The van der Waals surface area contributed by atoms with Gasteiger partial charge in [0, 0.05) is 25.2 Å². The van der Waals surface area contributed by atoms with Crippen LogP contribution in [0, 0.1) is 11.2 Å². The minimum Gasteiger partial charge on any atom is -0.472 e. The van der Waals surface area contributed by atoms with E-state index in [1.807, 2.05) is 0 Å². The molecule has 0 radical (unpaired) electrons. The van der Waals surface area contributed by atoms with Crippen molar-refractivity contribution in [3.63, 3.8) is 0 Å². The van der Waals surface area contributed by atoms with Gasteiger partial charge < -0.3 is 20.5 Å². The van der Waals surface area contributed by atoms with E-state index in [1.54, 1.807) is 43.8 Å². The molecular formula is C18H17FN6O. The molecule has 0 saturated heterocycles. The first-order valence-electron chi connectivity index (χ1n) is 7.82. The Kier molecular flexibility index (Phi) is 5.33. The summed E-state index contributed by atoms with van der Waals surface area (Å²) in [5.41, 5.74) is 2.34. The maximum absolute atomic E-state index is 13.0. The van der Waals surface area contributed by atoms with Gasteiger partial charge in [0.2, 0.25) is 5.95 Å². The van der Waals surface area contributed by atoms with Crippen LogP contribution in [-0.4, -0.2) is 29.1 Å². The van der Waals surface area contributed by atoms with Gasteiger partial charge in [-0.25, -0.2) is 9.37 Å². The predicted octanol–water partition coefficient (Wildman–Crippen LogP) is 3.58. The van der Waals surface area contributed by atoms with Crippen molar-refractivity contribution in [2.24, 2.45) is 4.99 Å². The summed E-state index contributed by atoms with van der Waals surface area (Å²) in [7, 11) is 1.58. The van der Waals surface area contributed by atoms with Crippen molar-refractivity contribution in [3.8, 4) is 11.3 Å². The van der Waals surface area contributed by atoms with E-state index < -0.39 is 0 Å². The molecule has 2 aromatic heterocycles. The molecule has 26 heavy (non-hydrogen) atoms. The Morgan fingerprint density at radius 3 is 2.73 bits per heavy atom. The highest BCUT2D eigenvalue weighted by Gasteiger charge is 2.09. The monoisotopic (exact) mass is 352 g/mol. The number of aliphatic imine (C=N–C) groups is 1. The number of benzene rings is 1. The second-order valence-corrected chi connectivity index (χ2v) is 5.33. The molecule has 8 heteroatoms. The Labute approximate surface area is 149 Å². The Morgan fingerprint density at radius 2 is 2.08 bits per heavy atom. The fraction of sp³-hybridized carbons (Fsp3) is 0.111. The highest BCUT2D eigenvalue weighted by atomic mass is 19.1. The number of rotatable bonds is 6. The first-order valence-corrected chi connectivity index (χ1v) is 7.82. The number of hydrogen-bond donors (Lipinski definition) is 3. The fourth-order valence-corrected chi connectivity index (χ4v) is 2.22. The Bertz CT molecular complexity index is 906. The molecule has 3 aromatic rings. The molecule has 0 amide bonds. The van der Waals surface area contributed by atoms with Crippen molar-refractivity contribution in [2.75, 3.05) is 17.7 Å². The molecule has 0 spiro atoms. The topological polar surface area (TPSA) is 99.2 Å². The molecule has 7 nitrogen and oxygen atoms in total. The van der Waals surface area contributed by atoms with Gasteiger partial charge in [-0.15, -0.1) is 0 Å². The zero-order chi connectivity index (χ0) is 18.4. The molecule has 0 saturated carbocycles. The van der Waals surface area contributed by atoms with Crippen LogP contribution in [0.2, 0.25) is 0 Å². The predicted molar refractivity (Wildman–Crippen MR) is 99.2 cm³/mol. The van der Waals surface area contributed by atoms with Gasteiger partial charge in [0.1, 0.15) is 17.5 Å². The van der Waals surface area contributed by atoms with Crippen LogP contribution in [0.25, 0.3) is 11.3 Å². The first-order chi connectivity index (χ1) is 12.7. The second-order valence-electron chi connectivity index (χ2n) is 5.33. The normalized spacial score (nSPS) is 11.2. The van der Waals surface area contributed by atoms with E-state index in [2.05, 4.69) is 25.6 Å². The average Bonchev–Trinajstić information content (AvgIpc) is 3.20. The highest BCUT2D eigenvalue weighted by Crippen LogP contribution is 2.22. The van der Waals surface area contributed by atoms with Crippen LogP contribution < -0.4 is 10.6 Å². The third-order valence-electron chi connectivity index (χ3n) is 3.54. The minimum absolute atomic E-state index is 0.281. The van der Waals surface area contributed by atoms with Crippen LogP contribution in [-0.2, 0) is 6.54 Å². The third kappa shape index (κ3) is 4.29. The van der Waals surface area contributed by atoms with Gasteiger partial charge in [0.25, 0.3) is 0 Å². The van der Waals surface area contributed by atoms with E-state index in [4.69, 9.17) is 9.83 Å². The van der Waals surface area contributed by atoms with Crippen molar-refractivity contribution >= 4 is 23.8 Å². The van der Waals surface area contributed by atoms with E-state index in [-0.39, 0.29) is 5.82 Å². The van der Waals surface area contributed by atoms with E-state index in [9.17, 15) is 4.39 Å². The van der Waals surface area contributed by atoms with E-state index >= 15 is 0 Å². The molecule has 0 atom stereocenters. The fourth-order valence-electron chi connectivity index (χ4n) is 2.22. The number of hydrogen-bond acceptors (Lipinski definition) is 6. The number of nitrogens with one attached hydrogen (secondary N) is 3. The van der Waals surface area contributed by atoms with Gasteiger partial charge in [-0.1, -0.05) is 12.1 Å². The van der Waals surface area contributed by atoms with Crippen molar-refractivity contribution in [3.05, 3.63) is 60.3 Å². The summed E-state index contributed by atoms with van der Waals surface area (Å²) in [5.74, 6) is 0.959. The molecule has 3 N–H and O–H groups in total. The number of nitrogens with zero attached hydrogens (tertiary/aromatic N) is 3. The Hall–Kier alpha value is -3.55. The van der Waals surface area contributed by atoms with E-state index in [0.29, 0.717) is 29.8 Å². The van der Waals surface area contributed by atoms with Crippen molar-refractivity contribution < 1.29 is 8.81 Å². The highest BCUT2D eigenvalue weighted by molar-refractivity contribution is 6.33. The van der Waals surface area contributed by atoms with Gasteiger partial charge in [-0.05, 0) is 23.8 Å². The van der Waals surface area contributed by atoms with Crippen LogP contribution in [0.3, 0.4) is 0 Å². The molecule has 0 aliphatic rings. The van der Waals surface area contributed by atoms with Crippen LogP contribution in [0.1, 0.15) is 5.56 Å². The molecular weight excluding hydrogens is 335 g/mol. The maximum atomic E-state index is 13.0. The first kappa shape index (κ1) is 17.3. The SMILES string of the molecule is C/N=C(\C=N)Nc1cc(-c2ccoc2)nc(NCc2ccc(F)cc2)n1. The summed E-state index contributed by atoms with van der Waals surface area (Å²) in [4.78, 5) is 12.8. The summed E-state index contributed by atoms with van der Waals surface area (Å²) < 4.78 is 18.1. The second kappa shape index (κ2) is 8.02. The molecule has 1 aromatic carbocycles. The summed E-state index contributed by atoms with van der Waals surface area (Å²) in [6.07, 6.45) is 4.25. The zero-order valence-corrected chi connectivity index (χ0v) is 14.0. The Balaban J connectivity index is 1.86. The molecule has 0 unspecified atom stereocenters. The molecule has 2 heterocycles. The van der Waals surface area contributed by atoms with Gasteiger partial charge in [0.05, 0.1) is 24.4 Å². The van der Waals surface area contributed by atoms with E-state index in [0.717, 1.165) is 17.3 Å². The zero-order valence-electron chi connectivity index (χ0n) is 14.0. The summed E-state index contributed by atoms with van der Waals surface area (Å²) in [5, 5.41) is 13.4. The van der Waals surface area contributed by atoms with Crippen LogP contribution in [0.15, 0.2) is 58.3 Å². The quantitative estimate of drug-likeness (QED) is 0.465. The average molecular weight is 352 g/mol. The molecule has 0 aliphatic heterocycles. The number of anilines is 2. The van der Waals surface area contributed by atoms with Crippen LogP contribution >= 0.6 is 0 Å². The number of furan rings is 1. The molecule has 0 fully saturated rings. The van der Waals surface area contributed by atoms with E-state index in [1.165, 1.54) is 12.1 Å². The van der Waals surface area contributed by atoms with Gasteiger partial charge >= 0.3 is 0 Å². The van der Waals surface area contributed by atoms with Gasteiger partial charge in [-0.2, -0.15) is 4.98 Å². The van der Waals surface area contributed by atoms with Crippen LogP contribution in [0.5, 0.6) is 0 Å². The lowest BCUT2D eigenvalue weighted by atomic mass is 10.2. The standard InChI is InChI=1S/C18H17FN6O/c1-21-17(9-20)24-16-8-15(13-6-7-26-11-13)23-18(25-16)22-10-12-2-4-14(19)5-3-12/h2-9,11,20H,10H2,1H3,(H2,21,22,23,24,25). The molecule has 132 valence electrons. The lowest BCUT2D eigenvalue weighted by Gasteiger charge is -2.10. The number of amidine groups is 1. The van der Waals surface area contributed by atoms with Crippen molar-refractivity contribution in [2.45, 2.75) is 6.54 Å². The number of halogens is 1. The van der Waals surface area contributed by atoms with Crippen molar-refractivity contribution in [1.82, 2.24) is 9.97 Å². The van der Waals surface area contributed by atoms with Gasteiger partial charge in [0.15, 0.2) is 0 Å². The lowest BCUT2D eigenvalue weighted by molar-refractivity contribution is 0.568. The van der Waals surface area contributed by atoms with Crippen molar-refractivity contribution in [1.29, 1.82) is 5.41 Å². The van der Waals surface area contributed by atoms with Crippen LogP contribution in [0.4, 0.5) is 16.2 Å². The summed E-state index contributed by atoms with van der Waals surface area (Å²) >= 11 is 0. The largest absolute Gasteiger partial charge is 0.472 e. The lowest BCUT2D eigenvalue weighted by Crippen LogP contribution is -2.15. The minimum atomic E-state index is -0.281. The summed E-state index contributed by atoms with van der Waals surface area (Å²) in [6, 6.07) is 9.72. The summed E-state index contributed by atoms with van der Waals surface area (Å²) in [6.45, 7) is 0.438. The smallest absolute Gasteiger partial charge is 0.225 e. The Morgan fingerprint density at radius 1 is 1.27 bits per heavy atom. The maximum Gasteiger partial charge on any atom is 0.225 e. The molecule has 3 rings (SSSR count). The molecule has 0 aliphatic carbocycles. The van der Waals surface area contributed by atoms with Gasteiger partial charge in [-0.3, -0.25) is 4.99 Å². The molecule has 0 bridgehead atoms. The number of aromatic nitrogens is 2.